The van der Waals surface area contributed by atoms with Crippen LogP contribution < -0.4 is 20.9 Å². The quantitative estimate of drug-likeness (QED) is 0.541. The molecular weight excluding hydrogens is 314 g/mol. The molecule has 1 aromatic rings. The van der Waals surface area contributed by atoms with Gasteiger partial charge in [0.2, 0.25) is 5.91 Å². The van der Waals surface area contributed by atoms with Crippen LogP contribution in [0.1, 0.15) is 27.2 Å². The van der Waals surface area contributed by atoms with E-state index in [1.165, 1.54) is 5.69 Å². The molecule has 1 unspecified atom stereocenters. The van der Waals surface area contributed by atoms with Gasteiger partial charge in [0.25, 0.3) is 0 Å². The third kappa shape index (κ3) is 5.37. The predicted molar refractivity (Wildman–Crippen MR) is 104 cm³/mol. The Morgan fingerprint density at radius 2 is 2.00 bits per heavy atom. The smallest absolute Gasteiger partial charge is 0.227 e. The van der Waals surface area contributed by atoms with Crippen molar-refractivity contribution >= 4 is 17.6 Å². The summed E-state index contributed by atoms with van der Waals surface area (Å²) in [6.45, 7) is 8.96. The van der Waals surface area contributed by atoms with Crippen LogP contribution >= 0.6 is 0 Å². The average molecular weight is 345 g/mol. The highest BCUT2D eigenvalue weighted by atomic mass is 16.2. The Morgan fingerprint density at radius 1 is 1.28 bits per heavy atom. The number of guanidine groups is 1. The van der Waals surface area contributed by atoms with Crippen molar-refractivity contribution in [3.8, 4) is 0 Å². The van der Waals surface area contributed by atoms with Gasteiger partial charge in [-0.1, -0.05) is 18.2 Å². The Bertz CT molecular complexity index is 585. The number of para-hydroxylation sites is 1. The van der Waals surface area contributed by atoms with Gasteiger partial charge in [-0.15, -0.1) is 0 Å². The number of anilines is 1. The third-order valence-corrected chi connectivity index (χ3v) is 4.52. The van der Waals surface area contributed by atoms with Crippen molar-refractivity contribution in [1.82, 2.24) is 16.0 Å². The van der Waals surface area contributed by atoms with E-state index in [1.54, 1.807) is 7.05 Å². The first-order valence-corrected chi connectivity index (χ1v) is 9.01. The first kappa shape index (κ1) is 19.1. The Labute approximate surface area is 151 Å². The van der Waals surface area contributed by atoms with Crippen molar-refractivity contribution in [2.45, 2.75) is 33.2 Å². The van der Waals surface area contributed by atoms with Gasteiger partial charge in [0.05, 0.1) is 5.41 Å². The van der Waals surface area contributed by atoms with Crippen LogP contribution in [0.2, 0.25) is 0 Å². The molecule has 2 rings (SSSR count). The molecule has 6 nitrogen and oxygen atoms in total. The van der Waals surface area contributed by atoms with Crippen molar-refractivity contribution in [2.75, 3.05) is 38.1 Å². The fraction of sp³-hybridized carbons (Fsp3) is 0.579. The minimum absolute atomic E-state index is 0.0501. The minimum Gasteiger partial charge on any atom is -0.369 e. The summed E-state index contributed by atoms with van der Waals surface area (Å²) in [6, 6.07) is 10.8. The summed E-state index contributed by atoms with van der Waals surface area (Å²) >= 11 is 0. The van der Waals surface area contributed by atoms with Crippen molar-refractivity contribution < 1.29 is 4.79 Å². The van der Waals surface area contributed by atoms with Crippen molar-refractivity contribution in [1.29, 1.82) is 0 Å². The maximum absolute atomic E-state index is 12.1. The second-order valence-electron chi connectivity index (χ2n) is 7.08. The summed E-state index contributed by atoms with van der Waals surface area (Å²) < 4.78 is 0. The molecule has 0 bridgehead atoms. The van der Waals surface area contributed by atoms with E-state index in [0.717, 1.165) is 25.5 Å². The van der Waals surface area contributed by atoms with Crippen LogP contribution in [-0.4, -0.2) is 51.1 Å². The van der Waals surface area contributed by atoms with E-state index in [4.69, 9.17) is 0 Å². The van der Waals surface area contributed by atoms with Gasteiger partial charge in [-0.2, -0.15) is 0 Å². The minimum atomic E-state index is -0.487. The molecule has 0 spiro atoms. The maximum atomic E-state index is 12.1. The normalized spacial score (nSPS) is 18.2. The van der Waals surface area contributed by atoms with Gasteiger partial charge in [0.15, 0.2) is 5.96 Å². The number of carbonyl (C=O) groups excluding carboxylic acids is 1. The van der Waals surface area contributed by atoms with E-state index in [0.29, 0.717) is 19.1 Å². The highest BCUT2D eigenvalue weighted by Crippen LogP contribution is 2.19. The van der Waals surface area contributed by atoms with Crippen LogP contribution in [0.25, 0.3) is 0 Å². The van der Waals surface area contributed by atoms with E-state index in [1.807, 2.05) is 26.8 Å². The fourth-order valence-corrected chi connectivity index (χ4v) is 2.92. The summed E-state index contributed by atoms with van der Waals surface area (Å²) in [4.78, 5) is 18.8. The molecule has 1 heterocycles. The lowest BCUT2D eigenvalue weighted by Gasteiger charge is -2.26. The lowest BCUT2D eigenvalue weighted by atomic mass is 9.92. The summed E-state index contributed by atoms with van der Waals surface area (Å²) in [5.41, 5.74) is 0.770. The molecule has 1 aromatic carbocycles. The molecule has 0 aromatic heterocycles. The van der Waals surface area contributed by atoms with Gasteiger partial charge in [0, 0.05) is 45.0 Å². The van der Waals surface area contributed by atoms with Crippen LogP contribution in [-0.2, 0) is 4.79 Å². The molecule has 0 saturated carbocycles. The second kappa shape index (κ2) is 8.74. The molecule has 25 heavy (non-hydrogen) atoms. The van der Waals surface area contributed by atoms with Crippen LogP contribution in [0.4, 0.5) is 5.69 Å². The first-order chi connectivity index (χ1) is 12.0. The number of nitrogens with one attached hydrogen (secondary N) is 3. The Morgan fingerprint density at radius 3 is 2.64 bits per heavy atom. The van der Waals surface area contributed by atoms with Gasteiger partial charge < -0.3 is 20.9 Å². The predicted octanol–water partition coefficient (Wildman–Crippen LogP) is 1.59. The maximum Gasteiger partial charge on any atom is 0.227 e. The standard InChI is InChI=1S/C19H31N5O/c1-5-21-17(25)19(2,3)14-22-18(20-4)23-15-11-12-24(13-15)16-9-7-6-8-10-16/h6-10,15H,5,11-14H2,1-4H3,(H,21,25)(H2,20,22,23). The molecule has 1 aliphatic heterocycles. The second-order valence-corrected chi connectivity index (χ2v) is 7.08. The average Bonchev–Trinajstić information content (AvgIpc) is 3.08. The zero-order valence-electron chi connectivity index (χ0n) is 15.8. The number of hydrogen-bond acceptors (Lipinski definition) is 3. The number of amides is 1. The summed E-state index contributed by atoms with van der Waals surface area (Å²) in [5, 5.41) is 9.64. The number of nitrogens with zero attached hydrogens (tertiary/aromatic N) is 2. The van der Waals surface area contributed by atoms with Gasteiger partial charge in [0.1, 0.15) is 0 Å². The molecule has 3 N–H and O–H groups in total. The topological polar surface area (TPSA) is 68.8 Å². The van der Waals surface area contributed by atoms with Crippen molar-refractivity contribution in [3.63, 3.8) is 0 Å². The van der Waals surface area contributed by atoms with E-state index in [9.17, 15) is 4.79 Å². The van der Waals surface area contributed by atoms with E-state index < -0.39 is 5.41 Å². The molecule has 1 saturated heterocycles. The number of benzene rings is 1. The zero-order valence-corrected chi connectivity index (χ0v) is 15.8. The van der Waals surface area contributed by atoms with Crippen LogP contribution in [0.3, 0.4) is 0 Å². The third-order valence-electron chi connectivity index (χ3n) is 4.52. The van der Waals surface area contributed by atoms with Gasteiger partial charge in [-0.3, -0.25) is 9.79 Å². The monoisotopic (exact) mass is 345 g/mol. The molecule has 1 fully saturated rings. The van der Waals surface area contributed by atoms with Crippen LogP contribution in [0.5, 0.6) is 0 Å². The highest BCUT2D eigenvalue weighted by molar-refractivity contribution is 5.84. The fourth-order valence-electron chi connectivity index (χ4n) is 2.92. The Hall–Kier alpha value is -2.24. The largest absolute Gasteiger partial charge is 0.369 e. The van der Waals surface area contributed by atoms with Gasteiger partial charge in [-0.05, 0) is 39.3 Å². The van der Waals surface area contributed by atoms with Crippen molar-refractivity contribution in [2.24, 2.45) is 10.4 Å². The molecule has 6 heteroatoms. The summed E-state index contributed by atoms with van der Waals surface area (Å²) in [7, 11) is 1.76. The van der Waals surface area contributed by atoms with Gasteiger partial charge >= 0.3 is 0 Å². The number of carbonyl (C=O) groups is 1. The molecular formula is C19H31N5O. The summed E-state index contributed by atoms with van der Waals surface area (Å²) in [6.07, 6.45) is 1.06. The molecule has 0 radical (unpaired) electrons. The number of rotatable bonds is 6. The van der Waals surface area contributed by atoms with Crippen LogP contribution in [0.15, 0.2) is 35.3 Å². The lowest BCUT2D eigenvalue weighted by Crippen LogP contribution is -2.50. The van der Waals surface area contributed by atoms with Gasteiger partial charge in [-0.25, -0.2) is 0 Å². The first-order valence-electron chi connectivity index (χ1n) is 9.01. The molecule has 1 amide bonds. The van der Waals surface area contributed by atoms with E-state index in [-0.39, 0.29) is 5.91 Å². The molecule has 1 aliphatic rings. The number of hydrogen-bond donors (Lipinski definition) is 3. The molecule has 138 valence electrons. The summed E-state index contributed by atoms with van der Waals surface area (Å²) in [5.74, 6) is 0.798. The Balaban J connectivity index is 1.84. The SMILES string of the molecule is CCNC(=O)C(C)(C)CNC(=NC)NC1CCN(c2ccccc2)C1. The molecule has 0 aliphatic carbocycles. The highest BCUT2D eigenvalue weighted by Gasteiger charge is 2.28. The van der Waals surface area contributed by atoms with Crippen molar-refractivity contribution in [3.05, 3.63) is 30.3 Å². The van der Waals surface area contributed by atoms with Crippen LogP contribution in [0, 0.1) is 5.41 Å². The zero-order chi connectivity index (χ0) is 18.3. The molecule has 1 atom stereocenters. The lowest BCUT2D eigenvalue weighted by molar-refractivity contribution is -0.128. The Kier molecular flexibility index (Phi) is 6.67. The van der Waals surface area contributed by atoms with E-state index in [2.05, 4.69) is 50.1 Å². The number of aliphatic imine (C=N–C) groups is 1. The van der Waals surface area contributed by atoms with E-state index >= 15 is 0 Å².